The third-order valence-corrected chi connectivity index (χ3v) is 3.26. The lowest BCUT2D eigenvalue weighted by Gasteiger charge is -2.22. The van der Waals surface area contributed by atoms with Crippen LogP contribution in [0.2, 0.25) is 0 Å². The monoisotopic (exact) mass is 218 g/mol. The lowest BCUT2D eigenvalue weighted by molar-refractivity contribution is -0.120. The van der Waals surface area contributed by atoms with Crippen molar-refractivity contribution in [2.24, 2.45) is 0 Å². The van der Waals surface area contributed by atoms with Crippen LogP contribution in [-0.4, -0.2) is 12.9 Å². The summed E-state index contributed by atoms with van der Waals surface area (Å²) in [6, 6.07) is 6.26. The van der Waals surface area contributed by atoms with Gasteiger partial charge in [0.05, 0.1) is 7.11 Å². The minimum absolute atomic E-state index is 0.398. The Labute approximate surface area is 96.6 Å². The fraction of sp³-hybridized carbons (Fsp3) is 0.500. The molecule has 0 amide bonds. The first-order valence-corrected chi connectivity index (χ1v) is 5.86. The first-order chi connectivity index (χ1) is 7.69. The molecule has 0 aromatic heterocycles. The van der Waals surface area contributed by atoms with Gasteiger partial charge in [-0.25, -0.2) is 0 Å². The molecule has 86 valence electrons. The number of hydrogen-bond donors (Lipinski definition) is 0. The number of aryl methyl sites for hydroxylation is 1. The predicted molar refractivity (Wildman–Crippen MR) is 63.9 cm³/mol. The van der Waals surface area contributed by atoms with Crippen LogP contribution < -0.4 is 4.74 Å². The predicted octanol–water partition coefficient (Wildman–Crippen LogP) is 3.23. The summed E-state index contributed by atoms with van der Waals surface area (Å²) in [5, 5.41) is 0. The average molecular weight is 218 g/mol. The van der Waals surface area contributed by atoms with Crippen molar-refractivity contribution in [3.63, 3.8) is 0 Å². The van der Waals surface area contributed by atoms with Crippen molar-refractivity contribution in [2.75, 3.05) is 7.11 Å². The van der Waals surface area contributed by atoms with Gasteiger partial charge in [0.25, 0.3) is 0 Å². The smallest absolute Gasteiger partial charge is 0.133 e. The Morgan fingerprint density at radius 2 is 2.12 bits per heavy atom. The Kier molecular flexibility index (Phi) is 3.28. The van der Waals surface area contributed by atoms with Crippen molar-refractivity contribution in [3.05, 3.63) is 29.3 Å². The fourth-order valence-corrected chi connectivity index (χ4v) is 2.44. The number of methoxy groups -OCH3 is 1. The molecule has 0 unspecified atom stereocenters. The van der Waals surface area contributed by atoms with Gasteiger partial charge < -0.3 is 4.74 Å². The number of benzene rings is 1. The molecule has 0 saturated heterocycles. The summed E-state index contributed by atoms with van der Waals surface area (Å²) < 4.78 is 5.27. The van der Waals surface area contributed by atoms with Crippen molar-refractivity contribution < 1.29 is 9.53 Å². The summed E-state index contributed by atoms with van der Waals surface area (Å²) >= 11 is 0. The highest BCUT2D eigenvalue weighted by atomic mass is 16.5. The summed E-state index contributed by atoms with van der Waals surface area (Å²) in [6.07, 6.45) is 3.62. The zero-order valence-electron chi connectivity index (χ0n) is 9.95. The van der Waals surface area contributed by atoms with Crippen molar-refractivity contribution in [2.45, 2.75) is 38.5 Å². The van der Waals surface area contributed by atoms with Gasteiger partial charge in [-0.15, -0.1) is 0 Å². The number of hydrogen-bond acceptors (Lipinski definition) is 2. The van der Waals surface area contributed by atoms with E-state index in [4.69, 9.17) is 4.74 Å². The Morgan fingerprint density at radius 3 is 2.81 bits per heavy atom. The molecule has 0 heterocycles. The molecule has 2 heteroatoms. The summed E-state index contributed by atoms with van der Waals surface area (Å²) in [4.78, 5) is 11.5. The molecule has 2 nitrogen and oxygen atoms in total. The van der Waals surface area contributed by atoms with Crippen molar-refractivity contribution >= 4 is 5.78 Å². The van der Waals surface area contributed by atoms with Gasteiger partial charge in [0.1, 0.15) is 11.5 Å². The zero-order chi connectivity index (χ0) is 11.5. The average Bonchev–Trinajstić information content (AvgIpc) is 2.28. The molecular formula is C14H18O2. The van der Waals surface area contributed by atoms with Crippen LogP contribution in [0, 0.1) is 6.92 Å². The summed E-state index contributed by atoms with van der Waals surface area (Å²) in [7, 11) is 1.69. The van der Waals surface area contributed by atoms with Crippen molar-refractivity contribution in [1.29, 1.82) is 0 Å². The second-order valence-electron chi connectivity index (χ2n) is 4.62. The van der Waals surface area contributed by atoms with Gasteiger partial charge in [-0.05, 0) is 48.9 Å². The molecule has 16 heavy (non-hydrogen) atoms. The molecule has 1 aromatic carbocycles. The Morgan fingerprint density at radius 1 is 1.31 bits per heavy atom. The molecular weight excluding hydrogens is 200 g/mol. The molecule has 0 N–H and O–H groups in total. The number of carbonyl (C=O) groups is 1. The molecule has 0 radical (unpaired) electrons. The maximum Gasteiger partial charge on any atom is 0.133 e. The van der Waals surface area contributed by atoms with E-state index in [0.29, 0.717) is 18.1 Å². The maximum atomic E-state index is 11.5. The highest BCUT2D eigenvalue weighted by Gasteiger charge is 2.21. The van der Waals surface area contributed by atoms with Gasteiger partial charge in [0, 0.05) is 12.8 Å². The van der Waals surface area contributed by atoms with Gasteiger partial charge in [-0.2, -0.15) is 0 Å². The molecule has 1 atom stereocenters. The molecule has 1 saturated carbocycles. The van der Waals surface area contributed by atoms with Crippen molar-refractivity contribution in [3.8, 4) is 5.75 Å². The van der Waals surface area contributed by atoms with Crippen LogP contribution in [0.25, 0.3) is 0 Å². The second kappa shape index (κ2) is 4.69. The van der Waals surface area contributed by atoms with Crippen molar-refractivity contribution in [1.82, 2.24) is 0 Å². The number of ether oxygens (including phenoxy) is 1. The van der Waals surface area contributed by atoms with Crippen LogP contribution >= 0.6 is 0 Å². The number of rotatable bonds is 2. The summed E-state index contributed by atoms with van der Waals surface area (Å²) in [6.45, 7) is 2.07. The van der Waals surface area contributed by atoms with Gasteiger partial charge >= 0.3 is 0 Å². The normalized spacial score (nSPS) is 20.9. The Bertz CT molecular complexity index is 396. The van der Waals surface area contributed by atoms with E-state index < -0.39 is 0 Å². The summed E-state index contributed by atoms with van der Waals surface area (Å²) in [5.41, 5.74) is 2.46. The highest BCUT2D eigenvalue weighted by molar-refractivity contribution is 5.80. The zero-order valence-corrected chi connectivity index (χ0v) is 9.95. The number of ketones is 1. The van der Waals surface area contributed by atoms with Crippen LogP contribution in [0.5, 0.6) is 5.75 Å². The molecule has 1 fully saturated rings. The van der Waals surface area contributed by atoms with Gasteiger partial charge in [-0.3, -0.25) is 4.79 Å². The minimum Gasteiger partial charge on any atom is -0.497 e. The molecule has 0 bridgehead atoms. The van der Waals surface area contributed by atoms with Crippen LogP contribution in [0.4, 0.5) is 0 Å². The third-order valence-electron chi connectivity index (χ3n) is 3.26. The lowest BCUT2D eigenvalue weighted by atomic mass is 9.83. The SMILES string of the molecule is COc1cc(C)cc([C@H]2CCCC(=O)C2)c1. The number of Topliss-reactive ketones (excluding diaryl/α,β-unsaturated/α-hetero) is 1. The van der Waals surface area contributed by atoms with Gasteiger partial charge in [0.15, 0.2) is 0 Å². The Balaban J connectivity index is 2.24. The standard InChI is InChI=1S/C14H18O2/c1-10-6-12(9-14(7-10)16-2)11-4-3-5-13(15)8-11/h6-7,9,11H,3-5,8H2,1-2H3/t11-/m0/s1. The first-order valence-electron chi connectivity index (χ1n) is 5.86. The molecule has 1 aliphatic carbocycles. The second-order valence-corrected chi connectivity index (χ2v) is 4.62. The quantitative estimate of drug-likeness (QED) is 0.761. The largest absolute Gasteiger partial charge is 0.497 e. The molecule has 1 aromatic rings. The molecule has 2 rings (SSSR count). The highest BCUT2D eigenvalue weighted by Crippen LogP contribution is 2.33. The van der Waals surface area contributed by atoms with E-state index in [1.54, 1.807) is 7.11 Å². The molecule has 1 aliphatic rings. The summed E-state index contributed by atoms with van der Waals surface area (Å²) in [5.74, 6) is 1.69. The van der Waals surface area contributed by atoms with E-state index in [2.05, 4.69) is 19.1 Å². The third kappa shape index (κ3) is 2.43. The first kappa shape index (κ1) is 11.2. The van der Waals surface area contributed by atoms with E-state index in [1.165, 1.54) is 11.1 Å². The van der Waals surface area contributed by atoms with Crippen LogP contribution in [0.1, 0.15) is 42.7 Å². The topological polar surface area (TPSA) is 26.3 Å². The van der Waals surface area contributed by atoms with E-state index in [1.807, 2.05) is 6.07 Å². The van der Waals surface area contributed by atoms with Crippen LogP contribution in [0.15, 0.2) is 18.2 Å². The van der Waals surface area contributed by atoms with E-state index in [0.717, 1.165) is 25.0 Å². The number of carbonyl (C=O) groups excluding carboxylic acids is 1. The molecule has 0 spiro atoms. The van der Waals surface area contributed by atoms with E-state index >= 15 is 0 Å². The van der Waals surface area contributed by atoms with Gasteiger partial charge in [0.2, 0.25) is 0 Å². The van der Waals surface area contributed by atoms with Crippen LogP contribution in [0.3, 0.4) is 0 Å². The van der Waals surface area contributed by atoms with Crippen LogP contribution in [-0.2, 0) is 4.79 Å². The Hall–Kier alpha value is -1.31. The molecule has 0 aliphatic heterocycles. The maximum absolute atomic E-state index is 11.5. The van der Waals surface area contributed by atoms with E-state index in [9.17, 15) is 4.79 Å². The minimum atomic E-state index is 0.398. The van der Waals surface area contributed by atoms with Gasteiger partial charge in [-0.1, -0.05) is 6.07 Å². The van der Waals surface area contributed by atoms with E-state index in [-0.39, 0.29) is 0 Å². The lowest BCUT2D eigenvalue weighted by Crippen LogP contribution is -2.13. The fourth-order valence-electron chi connectivity index (χ4n) is 2.44.